The maximum Gasteiger partial charge on any atom is 0.145 e. The van der Waals surface area contributed by atoms with Crippen molar-refractivity contribution in [3.05, 3.63) is 90.2 Å². The predicted octanol–water partition coefficient (Wildman–Crippen LogP) is 7.08. The molecule has 3 heterocycles. The molecule has 2 nitrogen and oxygen atoms in total. The van der Waals surface area contributed by atoms with Gasteiger partial charge in [-0.25, -0.2) is 4.98 Å². The van der Waals surface area contributed by atoms with Gasteiger partial charge in [0.2, 0.25) is 0 Å². The van der Waals surface area contributed by atoms with E-state index in [-0.39, 0.29) is 0 Å². The van der Waals surface area contributed by atoms with E-state index in [1.165, 1.54) is 43.7 Å². The van der Waals surface area contributed by atoms with E-state index in [4.69, 9.17) is 4.98 Å². The van der Waals surface area contributed by atoms with Crippen molar-refractivity contribution in [3.8, 4) is 0 Å². The molecule has 0 aliphatic carbocycles. The molecule has 136 valence electrons. The Hall–Kier alpha value is -3.39. The monoisotopic (exact) mass is 362 g/mol. The molecule has 3 aromatic heterocycles. The van der Waals surface area contributed by atoms with Crippen LogP contribution in [0.2, 0.25) is 0 Å². The standard InChI is InChI=1S/C26H22N2/c1-5-16(2)13-14-17(3)22-15-23-21-11-8-10-20-19-9-6-7-12-24(19)28(25(20)21)26(23)27-18(22)4/h5-15H,1H2,2-4H3/b16-13-,17-14+. The Morgan fingerprint density at radius 2 is 1.64 bits per heavy atom. The van der Waals surface area contributed by atoms with Crippen molar-refractivity contribution in [1.29, 1.82) is 0 Å². The Balaban J connectivity index is 1.88. The molecule has 0 radical (unpaired) electrons. The molecule has 0 atom stereocenters. The summed E-state index contributed by atoms with van der Waals surface area (Å²) in [5, 5.41) is 5.06. The highest BCUT2D eigenvalue weighted by Gasteiger charge is 2.18. The van der Waals surface area contributed by atoms with Gasteiger partial charge >= 0.3 is 0 Å². The quantitative estimate of drug-likeness (QED) is 0.314. The molecule has 0 saturated heterocycles. The number of benzene rings is 2. The number of para-hydroxylation sites is 2. The van der Waals surface area contributed by atoms with Gasteiger partial charge in [-0.15, -0.1) is 0 Å². The summed E-state index contributed by atoms with van der Waals surface area (Å²) in [6.07, 6.45) is 6.13. The maximum atomic E-state index is 5.07. The lowest BCUT2D eigenvalue weighted by Gasteiger charge is -2.07. The first-order valence-corrected chi connectivity index (χ1v) is 9.62. The van der Waals surface area contributed by atoms with Crippen LogP contribution in [0.1, 0.15) is 25.1 Å². The first kappa shape index (κ1) is 16.8. The largest absolute Gasteiger partial charge is 0.293 e. The second-order valence-electron chi connectivity index (χ2n) is 7.51. The fourth-order valence-corrected chi connectivity index (χ4v) is 4.23. The number of fused-ring (bicyclic) bond motifs is 6. The van der Waals surface area contributed by atoms with Crippen molar-refractivity contribution in [2.75, 3.05) is 0 Å². The summed E-state index contributed by atoms with van der Waals surface area (Å²) in [4.78, 5) is 5.07. The second-order valence-corrected chi connectivity index (χ2v) is 7.51. The lowest BCUT2D eigenvalue weighted by molar-refractivity contribution is 1.18. The first-order chi connectivity index (χ1) is 13.6. The van der Waals surface area contributed by atoms with Crippen LogP contribution in [0.15, 0.2) is 78.9 Å². The molecule has 5 rings (SSSR count). The SMILES string of the molecule is C=C/C(C)=C\C=C(/C)c1cc2c3cccc4c5ccccc5n(c2nc1C)c43. The van der Waals surface area contributed by atoms with Crippen LogP contribution in [0.25, 0.3) is 43.8 Å². The van der Waals surface area contributed by atoms with Crippen molar-refractivity contribution in [3.63, 3.8) is 0 Å². The predicted molar refractivity (Wildman–Crippen MR) is 121 cm³/mol. The summed E-state index contributed by atoms with van der Waals surface area (Å²) < 4.78 is 2.33. The zero-order valence-corrected chi connectivity index (χ0v) is 16.5. The van der Waals surface area contributed by atoms with Crippen LogP contribution < -0.4 is 0 Å². The summed E-state index contributed by atoms with van der Waals surface area (Å²) in [5.41, 5.74) is 8.14. The Morgan fingerprint density at radius 3 is 2.43 bits per heavy atom. The highest BCUT2D eigenvalue weighted by molar-refractivity contribution is 6.22. The van der Waals surface area contributed by atoms with Crippen LogP contribution in [-0.2, 0) is 0 Å². The second kappa shape index (κ2) is 6.07. The van der Waals surface area contributed by atoms with E-state index in [0.717, 1.165) is 16.9 Å². The van der Waals surface area contributed by atoms with E-state index in [1.807, 2.05) is 6.08 Å². The Morgan fingerprint density at radius 1 is 0.929 bits per heavy atom. The van der Waals surface area contributed by atoms with Crippen LogP contribution in [0.3, 0.4) is 0 Å². The third-order valence-electron chi connectivity index (χ3n) is 5.73. The van der Waals surface area contributed by atoms with Gasteiger partial charge in [0.1, 0.15) is 5.65 Å². The van der Waals surface area contributed by atoms with Crippen molar-refractivity contribution in [2.24, 2.45) is 0 Å². The molecule has 0 aliphatic rings. The van der Waals surface area contributed by atoms with Crippen molar-refractivity contribution < 1.29 is 0 Å². The summed E-state index contributed by atoms with van der Waals surface area (Å²) in [7, 11) is 0. The maximum absolute atomic E-state index is 5.07. The zero-order chi connectivity index (χ0) is 19.4. The van der Waals surface area contributed by atoms with Gasteiger partial charge in [-0.1, -0.05) is 66.8 Å². The van der Waals surface area contributed by atoms with Gasteiger partial charge in [0.15, 0.2) is 0 Å². The fourth-order valence-electron chi connectivity index (χ4n) is 4.23. The van der Waals surface area contributed by atoms with Gasteiger partial charge in [-0.05, 0) is 44.0 Å². The molecule has 0 bridgehead atoms. The molecule has 0 spiro atoms. The van der Waals surface area contributed by atoms with E-state index in [0.29, 0.717) is 0 Å². The number of allylic oxidation sites excluding steroid dienone is 5. The molecule has 0 saturated carbocycles. The van der Waals surface area contributed by atoms with Gasteiger partial charge in [0.25, 0.3) is 0 Å². The van der Waals surface area contributed by atoms with Gasteiger partial charge in [-0.3, -0.25) is 4.40 Å². The van der Waals surface area contributed by atoms with E-state index in [1.54, 1.807) is 0 Å². The molecule has 0 amide bonds. The number of hydrogen-bond acceptors (Lipinski definition) is 1. The normalized spacial score (nSPS) is 13.4. The number of rotatable bonds is 3. The van der Waals surface area contributed by atoms with Crippen LogP contribution in [0, 0.1) is 6.92 Å². The topological polar surface area (TPSA) is 17.3 Å². The molecule has 28 heavy (non-hydrogen) atoms. The molecule has 5 aromatic rings. The van der Waals surface area contributed by atoms with Crippen LogP contribution in [0.4, 0.5) is 0 Å². The molecule has 2 heteroatoms. The van der Waals surface area contributed by atoms with Crippen LogP contribution in [-0.4, -0.2) is 9.38 Å². The summed E-state index contributed by atoms with van der Waals surface area (Å²) in [6, 6.07) is 17.5. The third-order valence-corrected chi connectivity index (χ3v) is 5.73. The summed E-state index contributed by atoms with van der Waals surface area (Å²) in [5.74, 6) is 0. The summed E-state index contributed by atoms with van der Waals surface area (Å²) in [6.45, 7) is 10.1. The number of aryl methyl sites for hydroxylation is 1. The first-order valence-electron chi connectivity index (χ1n) is 9.62. The van der Waals surface area contributed by atoms with Crippen molar-refractivity contribution >= 4 is 43.8 Å². The Kier molecular flexibility index (Phi) is 3.63. The van der Waals surface area contributed by atoms with Crippen LogP contribution >= 0.6 is 0 Å². The van der Waals surface area contributed by atoms with Gasteiger partial charge in [0.05, 0.1) is 11.0 Å². The molecule has 0 fully saturated rings. The highest BCUT2D eigenvalue weighted by Crippen LogP contribution is 2.39. The number of aromatic nitrogens is 2. The summed E-state index contributed by atoms with van der Waals surface area (Å²) >= 11 is 0. The Labute approximate surface area is 164 Å². The molecular formula is C26H22N2. The fraction of sp³-hybridized carbons (Fsp3) is 0.115. The number of nitrogens with zero attached hydrogens (tertiary/aromatic N) is 2. The third kappa shape index (κ3) is 2.24. The van der Waals surface area contributed by atoms with E-state index < -0.39 is 0 Å². The minimum atomic E-state index is 1.04. The van der Waals surface area contributed by atoms with Gasteiger partial charge in [0, 0.05) is 27.2 Å². The van der Waals surface area contributed by atoms with Gasteiger partial charge in [-0.2, -0.15) is 0 Å². The highest BCUT2D eigenvalue weighted by atomic mass is 15.0. The molecule has 0 N–H and O–H groups in total. The zero-order valence-electron chi connectivity index (χ0n) is 16.5. The number of hydrogen-bond donors (Lipinski definition) is 0. The molecular weight excluding hydrogens is 340 g/mol. The van der Waals surface area contributed by atoms with Gasteiger partial charge < -0.3 is 0 Å². The minimum absolute atomic E-state index is 1.04. The minimum Gasteiger partial charge on any atom is -0.293 e. The van der Waals surface area contributed by atoms with Crippen LogP contribution in [0.5, 0.6) is 0 Å². The smallest absolute Gasteiger partial charge is 0.145 e. The molecule has 0 aliphatic heterocycles. The average Bonchev–Trinajstić information content (AvgIpc) is 3.22. The van der Waals surface area contributed by atoms with E-state index in [9.17, 15) is 0 Å². The Bertz CT molecular complexity index is 1440. The average molecular weight is 362 g/mol. The lowest BCUT2D eigenvalue weighted by atomic mass is 10.0. The molecule has 0 unspecified atom stereocenters. The van der Waals surface area contributed by atoms with E-state index in [2.05, 4.69) is 92.4 Å². The lowest BCUT2D eigenvalue weighted by Crippen LogP contribution is -1.93. The van der Waals surface area contributed by atoms with Crippen molar-refractivity contribution in [1.82, 2.24) is 9.38 Å². The van der Waals surface area contributed by atoms with Crippen molar-refractivity contribution in [2.45, 2.75) is 20.8 Å². The molecule has 2 aromatic carbocycles. The van der Waals surface area contributed by atoms with E-state index >= 15 is 0 Å². The number of pyridine rings is 1.